The van der Waals surface area contributed by atoms with Gasteiger partial charge in [0.05, 0.1) is 4.88 Å². The summed E-state index contributed by atoms with van der Waals surface area (Å²) in [7, 11) is 0. The average molecular weight is 337 g/mol. The van der Waals surface area contributed by atoms with E-state index in [1.165, 1.54) is 21.9 Å². The van der Waals surface area contributed by atoms with Gasteiger partial charge in [-0.2, -0.15) is 9.50 Å². The predicted molar refractivity (Wildman–Crippen MR) is 91.3 cm³/mol. The number of thiophene rings is 1. The molecular formula is C16H11N5O2S. The van der Waals surface area contributed by atoms with Crippen molar-refractivity contribution < 1.29 is 4.79 Å². The summed E-state index contributed by atoms with van der Waals surface area (Å²) in [5.41, 5.74) is 0.452. The molecule has 0 saturated heterocycles. The van der Waals surface area contributed by atoms with Gasteiger partial charge in [0.25, 0.3) is 11.5 Å². The number of nitrogens with one attached hydrogen (secondary N) is 2. The Kier molecular flexibility index (Phi) is 3.43. The summed E-state index contributed by atoms with van der Waals surface area (Å²) in [6.45, 7) is 0. The van der Waals surface area contributed by atoms with Crippen molar-refractivity contribution in [2.45, 2.75) is 0 Å². The number of anilines is 1. The van der Waals surface area contributed by atoms with Crippen LogP contribution >= 0.6 is 11.3 Å². The van der Waals surface area contributed by atoms with Crippen LogP contribution in [0.15, 0.2) is 58.7 Å². The number of fused-ring (bicyclic) bond motifs is 1. The largest absolute Gasteiger partial charge is 0.306 e. The molecule has 8 heteroatoms. The Hall–Kier alpha value is -3.26. The zero-order chi connectivity index (χ0) is 16.5. The summed E-state index contributed by atoms with van der Waals surface area (Å²) in [5.74, 6) is 0.697. The third kappa shape index (κ3) is 2.59. The molecule has 2 N–H and O–H groups in total. The van der Waals surface area contributed by atoms with E-state index in [-0.39, 0.29) is 23.1 Å². The molecule has 7 nitrogen and oxygen atoms in total. The van der Waals surface area contributed by atoms with Crippen LogP contribution < -0.4 is 10.9 Å². The third-order valence-electron chi connectivity index (χ3n) is 3.36. The Labute approximate surface area is 139 Å². The van der Waals surface area contributed by atoms with Gasteiger partial charge in [0.2, 0.25) is 5.78 Å². The molecule has 0 fully saturated rings. The van der Waals surface area contributed by atoms with Crippen molar-refractivity contribution in [3.8, 4) is 11.4 Å². The van der Waals surface area contributed by atoms with E-state index < -0.39 is 0 Å². The number of carbonyl (C=O) groups excluding carboxylic acids is 1. The van der Waals surface area contributed by atoms with Crippen LogP contribution in [0.2, 0.25) is 0 Å². The van der Waals surface area contributed by atoms with Gasteiger partial charge < -0.3 is 5.32 Å². The molecule has 24 heavy (non-hydrogen) atoms. The lowest BCUT2D eigenvalue weighted by atomic mass is 10.2. The van der Waals surface area contributed by atoms with Crippen LogP contribution in [-0.4, -0.2) is 25.5 Å². The lowest BCUT2D eigenvalue weighted by molar-refractivity contribution is 0.103. The minimum Gasteiger partial charge on any atom is -0.306 e. The highest BCUT2D eigenvalue weighted by Gasteiger charge is 2.14. The number of nitrogens with zero attached hydrogens (tertiary/aromatic N) is 3. The first-order valence-corrected chi connectivity index (χ1v) is 7.99. The van der Waals surface area contributed by atoms with Gasteiger partial charge in [-0.3, -0.25) is 14.6 Å². The van der Waals surface area contributed by atoms with Gasteiger partial charge in [-0.25, -0.2) is 0 Å². The molecule has 4 rings (SSSR count). The Morgan fingerprint density at radius 3 is 2.75 bits per heavy atom. The summed E-state index contributed by atoms with van der Waals surface area (Å²) in [5, 5.41) is 8.90. The van der Waals surface area contributed by atoms with Crippen LogP contribution in [0.1, 0.15) is 9.67 Å². The summed E-state index contributed by atoms with van der Waals surface area (Å²) in [6, 6.07) is 14.2. The smallest absolute Gasteiger partial charge is 0.266 e. The highest BCUT2D eigenvalue weighted by molar-refractivity contribution is 7.12. The molecule has 0 saturated carbocycles. The first-order chi connectivity index (χ1) is 11.7. The van der Waals surface area contributed by atoms with E-state index in [2.05, 4.69) is 20.4 Å². The van der Waals surface area contributed by atoms with E-state index in [9.17, 15) is 9.59 Å². The molecule has 1 amide bonds. The molecule has 0 atom stereocenters. The number of carbonyl (C=O) groups is 1. The maximum Gasteiger partial charge on any atom is 0.266 e. The second kappa shape index (κ2) is 5.74. The first-order valence-electron chi connectivity index (χ1n) is 7.11. The van der Waals surface area contributed by atoms with E-state index in [1.54, 1.807) is 12.1 Å². The molecule has 1 aromatic carbocycles. The predicted octanol–water partition coefficient (Wildman–Crippen LogP) is 2.40. The highest BCUT2D eigenvalue weighted by atomic mass is 32.1. The van der Waals surface area contributed by atoms with Gasteiger partial charge in [0.15, 0.2) is 5.82 Å². The fraction of sp³-hybridized carbons (Fsp3) is 0. The number of hydrogen-bond acceptors (Lipinski definition) is 5. The normalized spacial score (nSPS) is 10.8. The first kappa shape index (κ1) is 14.3. The van der Waals surface area contributed by atoms with Crippen LogP contribution in [0.4, 0.5) is 5.82 Å². The molecule has 3 aromatic heterocycles. The summed E-state index contributed by atoms with van der Waals surface area (Å²) in [6.07, 6.45) is 0. The minimum absolute atomic E-state index is 0.266. The lowest BCUT2D eigenvalue weighted by Crippen LogP contribution is -2.18. The molecule has 0 aliphatic carbocycles. The van der Waals surface area contributed by atoms with Crippen molar-refractivity contribution in [1.29, 1.82) is 0 Å². The number of rotatable bonds is 3. The molecule has 0 spiro atoms. The Bertz CT molecular complexity index is 1070. The van der Waals surface area contributed by atoms with Gasteiger partial charge in [0.1, 0.15) is 5.82 Å². The highest BCUT2D eigenvalue weighted by Crippen LogP contribution is 2.17. The van der Waals surface area contributed by atoms with Crippen LogP contribution in [0.25, 0.3) is 17.2 Å². The molecular weight excluding hydrogens is 326 g/mol. The number of amides is 1. The number of hydrogen-bond donors (Lipinski definition) is 2. The van der Waals surface area contributed by atoms with Crippen molar-refractivity contribution in [1.82, 2.24) is 19.6 Å². The Balaban J connectivity index is 1.79. The molecule has 0 aliphatic heterocycles. The van der Waals surface area contributed by atoms with E-state index in [0.717, 1.165) is 5.56 Å². The summed E-state index contributed by atoms with van der Waals surface area (Å²) < 4.78 is 1.41. The minimum atomic E-state index is -0.365. The second-order valence-corrected chi connectivity index (χ2v) is 5.93. The summed E-state index contributed by atoms with van der Waals surface area (Å²) in [4.78, 5) is 31.5. The van der Waals surface area contributed by atoms with Gasteiger partial charge in [-0.15, -0.1) is 16.4 Å². The van der Waals surface area contributed by atoms with Gasteiger partial charge in [-0.1, -0.05) is 36.4 Å². The summed E-state index contributed by atoms with van der Waals surface area (Å²) >= 11 is 1.32. The van der Waals surface area contributed by atoms with E-state index in [4.69, 9.17) is 0 Å². The van der Waals surface area contributed by atoms with Crippen LogP contribution in [0, 0.1) is 0 Å². The maximum atomic E-state index is 12.2. The zero-order valence-electron chi connectivity index (χ0n) is 12.3. The SMILES string of the molecule is O=C(Nc1cc(=O)[nH]c2nc(-c3ccccc3)nn12)c1cccs1. The van der Waals surface area contributed by atoms with Gasteiger partial charge >= 0.3 is 0 Å². The molecule has 0 aliphatic rings. The molecule has 4 aromatic rings. The molecule has 0 bridgehead atoms. The quantitative estimate of drug-likeness (QED) is 0.600. The topological polar surface area (TPSA) is 92.1 Å². The monoisotopic (exact) mass is 337 g/mol. The maximum absolute atomic E-state index is 12.2. The van der Waals surface area contributed by atoms with Crippen molar-refractivity contribution in [3.63, 3.8) is 0 Å². The fourth-order valence-electron chi connectivity index (χ4n) is 2.28. The van der Waals surface area contributed by atoms with Crippen LogP contribution in [0.3, 0.4) is 0 Å². The number of H-pyrrole nitrogens is 1. The number of benzene rings is 1. The Morgan fingerprint density at radius 1 is 1.17 bits per heavy atom. The van der Waals surface area contributed by atoms with Crippen molar-refractivity contribution in [2.75, 3.05) is 5.32 Å². The van der Waals surface area contributed by atoms with Crippen molar-refractivity contribution >= 4 is 28.8 Å². The van der Waals surface area contributed by atoms with E-state index >= 15 is 0 Å². The van der Waals surface area contributed by atoms with Crippen molar-refractivity contribution in [3.05, 3.63) is 69.1 Å². The third-order valence-corrected chi connectivity index (χ3v) is 4.23. The van der Waals surface area contributed by atoms with Crippen LogP contribution in [-0.2, 0) is 0 Å². The lowest BCUT2D eigenvalue weighted by Gasteiger charge is -2.04. The molecule has 118 valence electrons. The average Bonchev–Trinajstić information content (AvgIpc) is 3.25. The van der Waals surface area contributed by atoms with Crippen LogP contribution in [0.5, 0.6) is 0 Å². The number of aromatic nitrogens is 4. The van der Waals surface area contributed by atoms with E-state index in [1.807, 2.05) is 35.7 Å². The van der Waals surface area contributed by atoms with Crippen molar-refractivity contribution in [2.24, 2.45) is 0 Å². The molecule has 3 heterocycles. The Morgan fingerprint density at radius 2 is 2.00 bits per heavy atom. The fourth-order valence-corrected chi connectivity index (χ4v) is 2.90. The molecule has 0 unspecified atom stereocenters. The second-order valence-electron chi connectivity index (χ2n) is 4.99. The zero-order valence-corrected chi connectivity index (χ0v) is 13.1. The van der Waals surface area contributed by atoms with Gasteiger partial charge in [-0.05, 0) is 11.4 Å². The molecule has 0 radical (unpaired) electrons. The standard InChI is InChI=1S/C16H11N5O2S/c22-13-9-12(17-15(23)11-7-4-8-24-11)21-16(18-13)19-14(20-21)10-5-2-1-3-6-10/h1-9H,(H,17,23)(H,18,19,20,22). The number of aromatic amines is 1. The van der Waals surface area contributed by atoms with Gasteiger partial charge in [0, 0.05) is 11.6 Å². The van der Waals surface area contributed by atoms with E-state index in [0.29, 0.717) is 10.7 Å².